The highest BCUT2D eigenvalue weighted by Crippen LogP contribution is 2.40. The molecule has 8 bridgehead atoms. The Labute approximate surface area is 284 Å². The second-order valence-corrected chi connectivity index (χ2v) is 11.7. The number of aromatic nitrogens is 4. The number of nitrogens with zero attached hydrogens (tertiary/aromatic N) is 1. The Morgan fingerprint density at radius 1 is 0.346 bits per heavy atom. The normalized spacial score (nSPS) is 12.0. The number of nitrogen functional groups attached to an aromatic ring is 1. The molecule has 0 saturated carbocycles. The standard InChI is InChI=1S/C37H17F10N5/c38-28-26(29(39)33(43)36(46)32(28)42)24-19-7-5-15(49-19)16-6-8-20(50-16)25(27-30(40)34(44)37(47)35(45)31(27)41)22-12-10-18(52-22)23(17-9-11-21(24)51-17)13-1-3-14(48)4-2-13/h1-12,49,51-52H,48H2. The van der Waals surface area contributed by atoms with Crippen LogP contribution in [0, 0.1) is 58.2 Å². The third kappa shape index (κ3) is 4.83. The monoisotopic (exact) mass is 721 g/mol. The number of halogens is 10. The van der Waals surface area contributed by atoms with E-state index in [-0.39, 0.29) is 50.1 Å². The van der Waals surface area contributed by atoms with Crippen LogP contribution in [-0.2, 0) is 0 Å². The van der Waals surface area contributed by atoms with Crippen molar-refractivity contribution in [2.24, 2.45) is 0 Å². The molecule has 5 heterocycles. The molecule has 0 fully saturated rings. The van der Waals surface area contributed by atoms with Gasteiger partial charge in [0.1, 0.15) is 0 Å². The summed E-state index contributed by atoms with van der Waals surface area (Å²) in [5.74, 6) is -21.9. The van der Waals surface area contributed by atoms with E-state index in [1.54, 1.807) is 24.3 Å². The molecule has 260 valence electrons. The topological polar surface area (TPSA) is 86.3 Å². The lowest BCUT2D eigenvalue weighted by atomic mass is 10.0. The molecule has 4 aromatic heterocycles. The predicted molar refractivity (Wildman–Crippen MR) is 175 cm³/mol. The van der Waals surface area contributed by atoms with Crippen molar-refractivity contribution < 1.29 is 43.9 Å². The summed E-state index contributed by atoms with van der Waals surface area (Å²) in [4.78, 5) is 13.2. The van der Waals surface area contributed by atoms with Gasteiger partial charge in [-0.15, -0.1) is 0 Å². The van der Waals surface area contributed by atoms with Crippen LogP contribution < -0.4 is 5.73 Å². The minimum absolute atomic E-state index is 0.0161. The van der Waals surface area contributed by atoms with Crippen LogP contribution in [0.1, 0.15) is 11.4 Å². The van der Waals surface area contributed by atoms with Gasteiger partial charge in [-0.25, -0.2) is 48.9 Å². The lowest BCUT2D eigenvalue weighted by Crippen LogP contribution is -2.05. The van der Waals surface area contributed by atoms with Gasteiger partial charge in [0.05, 0.1) is 28.0 Å². The van der Waals surface area contributed by atoms with E-state index in [1.807, 2.05) is 0 Å². The molecule has 0 unspecified atom stereocenters. The number of anilines is 1. The lowest BCUT2D eigenvalue weighted by Gasteiger charge is -2.10. The van der Waals surface area contributed by atoms with Crippen molar-refractivity contribution in [3.05, 3.63) is 130 Å². The first-order valence-corrected chi connectivity index (χ1v) is 15.1. The van der Waals surface area contributed by atoms with Crippen molar-refractivity contribution >= 4 is 50.9 Å². The van der Waals surface area contributed by atoms with Crippen LogP contribution in [0.15, 0.2) is 60.7 Å². The van der Waals surface area contributed by atoms with Crippen LogP contribution in [-0.4, -0.2) is 19.9 Å². The van der Waals surface area contributed by atoms with Crippen molar-refractivity contribution in [1.29, 1.82) is 0 Å². The van der Waals surface area contributed by atoms with Crippen LogP contribution >= 0.6 is 0 Å². The average Bonchev–Trinajstić information content (AvgIpc) is 3.97. The Kier molecular flexibility index (Phi) is 7.41. The van der Waals surface area contributed by atoms with Crippen LogP contribution in [0.25, 0.3) is 78.6 Å². The zero-order chi connectivity index (χ0) is 36.7. The van der Waals surface area contributed by atoms with E-state index in [4.69, 9.17) is 5.73 Å². The molecule has 7 aromatic rings. The number of nitrogens with two attached hydrogens (primary N) is 1. The van der Waals surface area contributed by atoms with E-state index < -0.39 is 80.4 Å². The predicted octanol–water partition coefficient (Wildman–Crippen LogP) is 10.7. The number of rotatable bonds is 3. The van der Waals surface area contributed by atoms with Gasteiger partial charge in [-0.2, -0.15) is 0 Å². The number of nitrogens with one attached hydrogen (secondary N) is 3. The first kappa shape index (κ1) is 32.7. The molecule has 1 aliphatic rings. The second kappa shape index (κ2) is 11.8. The summed E-state index contributed by atoms with van der Waals surface area (Å²) in [6, 6.07) is 14.4. The molecule has 0 amide bonds. The number of benzene rings is 3. The van der Waals surface area contributed by atoms with Gasteiger partial charge in [0.25, 0.3) is 0 Å². The summed E-state index contributed by atoms with van der Waals surface area (Å²) < 4.78 is 149. The van der Waals surface area contributed by atoms with Crippen LogP contribution in [0.5, 0.6) is 0 Å². The average molecular weight is 722 g/mol. The number of hydrogen-bond acceptors (Lipinski definition) is 2. The van der Waals surface area contributed by atoms with E-state index >= 15 is 17.6 Å². The molecule has 0 atom stereocenters. The smallest absolute Gasteiger partial charge is 0.200 e. The first-order chi connectivity index (χ1) is 24.8. The number of aromatic amines is 3. The van der Waals surface area contributed by atoms with E-state index in [0.717, 1.165) is 0 Å². The fourth-order valence-electron chi connectivity index (χ4n) is 6.29. The molecule has 5 nitrogen and oxygen atoms in total. The van der Waals surface area contributed by atoms with Crippen molar-refractivity contribution in [1.82, 2.24) is 19.9 Å². The number of hydrogen-bond donors (Lipinski definition) is 4. The zero-order valence-corrected chi connectivity index (χ0v) is 25.7. The lowest BCUT2D eigenvalue weighted by molar-refractivity contribution is 0.381. The van der Waals surface area contributed by atoms with Crippen molar-refractivity contribution in [2.45, 2.75) is 0 Å². The van der Waals surface area contributed by atoms with Crippen molar-refractivity contribution in [3.8, 4) is 33.4 Å². The van der Waals surface area contributed by atoms with Crippen LogP contribution in [0.3, 0.4) is 0 Å². The molecule has 0 saturated heterocycles. The van der Waals surface area contributed by atoms with Gasteiger partial charge < -0.3 is 20.7 Å². The highest BCUT2D eigenvalue weighted by molar-refractivity contribution is 6.00. The van der Waals surface area contributed by atoms with Crippen LogP contribution in [0.2, 0.25) is 0 Å². The van der Waals surface area contributed by atoms with Gasteiger partial charge in [0, 0.05) is 50.0 Å². The Bertz CT molecular complexity index is 2760. The molecule has 0 radical (unpaired) electrons. The molecular formula is C37H17F10N5. The minimum Gasteiger partial charge on any atom is -0.399 e. The Morgan fingerprint density at radius 2 is 0.692 bits per heavy atom. The summed E-state index contributed by atoms with van der Waals surface area (Å²) in [5, 5.41) is 0. The van der Waals surface area contributed by atoms with E-state index in [0.29, 0.717) is 11.3 Å². The van der Waals surface area contributed by atoms with Crippen LogP contribution in [0.4, 0.5) is 49.6 Å². The summed E-state index contributed by atoms with van der Waals surface area (Å²) in [7, 11) is 0. The molecule has 0 spiro atoms. The third-order valence-electron chi connectivity index (χ3n) is 8.70. The van der Waals surface area contributed by atoms with Gasteiger partial charge in [-0.1, -0.05) is 12.1 Å². The molecule has 0 aliphatic carbocycles. The Balaban J connectivity index is 1.60. The molecule has 5 N–H and O–H groups in total. The fourth-order valence-corrected chi connectivity index (χ4v) is 6.29. The van der Waals surface area contributed by atoms with Gasteiger partial charge in [-0.3, -0.25) is 0 Å². The maximum atomic E-state index is 15.5. The molecule has 52 heavy (non-hydrogen) atoms. The molecular weight excluding hydrogens is 704 g/mol. The molecule has 3 aromatic carbocycles. The largest absolute Gasteiger partial charge is 0.399 e. The van der Waals surface area contributed by atoms with E-state index in [1.165, 1.54) is 48.6 Å². The maximum absolute atomic E-state index is 15.5. The zero-order valence-electron chi connectivity index (χ0n) is 25.7. The molecule has 1 aliphatic heterocycles. The highest BCUT2D eigenvalue weighted by Gasteiger charge is 2.31. The SMILES string of the molecule is Nc1ccc(-c2c3ccc([nH]3)c(-c3c(F)c(F)c(F)c(F)c3F)c3nc(c4ccc([nH]4)c(-c4c(F)c(F)c(F)c(F)c4F)c4ccc2[nH]4)C=C3)cc1. The van der Waals surface area contributed by atoms with Crippen molar-refractivity contribution in [2.75, 3.05) is 5.73 Å². The van der Waals surface area contributed by atoms with Gasteiger partial charge in [0.2, 0.25) is 11.6 Å². The summed E-state index contributed by atoms with van der Waals surface area (Å²) in [5.41, 5.74) is 3.34. The summed E-state index contributed by atoms with van der Waals surface area (Å²) in [6.45, 7) is 0. The Morgan fingerprint density at radius 3 is 1.17 bits per heavy atom. The third-order valence-corrected chi connectivity index (χ3v) is 8.70. The Hall–Kier alpha value is -6.51. The van der Waals surface area contributed by atoms with E-state index in [2.05, 4.69) is 19.9 Å². The first-order valence-electron chi connectivity index (χ1n) is 15.1. The molecule has 8 rings (SSSR count). The van der Waals surface area contributed by atoms with Gasteiger partial charge in [0.15, 0.2) is 46.5 Å². The highest BCUT2D eigenvalue weighted by atomic mass is 19.2. The molecule has 15 heteroatoms. The summed E-state index contributed by atoms with van der Waals surface area (Å²) >= 11 is 0. The van der Waals surface area contributed by atoms with Crippen molar-refractivity contribution in [3.63, 3.8) is 0 Å². The number of H-pyrrole nitrogens is 3. The van der Waals surface area contributed by atoms with Gasteiger partial charge >= 0.3 is 0 Å². The fraction of sp³-hybridized carbons (Fsp3) is 0. The second-order valence-electron chi connectivity index (χ2n) is 11.7. The maximum Gasteiger partial charge on any atom is 0.200 e. The summed E-state index contributed by atoms with van der Waals surface area (Å²) in [6.07, 6.45) is 2.56. The minimum atomic E-state index is -2.36. The number of fused-ring (bicyclic) bond motifs is 9. The van der Waals surface area contributed by atoms with Gasteiger partial charge in [-0.05, 0) is 66.2 Å². The quantitative estimate of drug-likeness (QED) is 0.0634. The van der Waals surface area contributed by atoms with E-state index in [9.17, 15) is 26.3 Å².